The number of aromatic nitrogens is 4. The van der Waals surface area contributed by atoms with E-state index in [2.05, 4.69) is 20.1 Å². The van der Waals surface area contributed by atoms with E-state index in [1.165, 1.54) is 0 Å². The van der Waals surface area contributed by atoms with Gasteiger partial charge in [0.25, 0.3) is 0 Å². The molecule has 0 saturated carbocycles. The van der Waals surface area contributed by atoms with Crippen LogP contribution in [0.25, 0.3) is 11.6 Å². The standard InChI is InChI=1S/C20H18N6O3/c27-16-9-13(12-26(16)15-5-2-1-3-6-15)20(28)25-10-14(11-25)19-23-18(24-29-19)17-21-7-4-8-22-17/h1-8,13-14H,9-12H2. The molecule has 2 amide bonds. The van der Waals surface area contributed by atoms with Gasteiger partial charge in [-0.1, -0.05) is 23.4 Å². The molecule has 0 radical (unpaired) electrons. The van der Waals surface area contributed by atoms with Gasteiger partial charge in [-0.15, -0.1) is 0 Å². The largest absolute Gasteiger partial charge is 0.341 e. The van der Waals surface area contributed by atoms with Gasteiger partial charge < -0.3 is 14.3 Å². The minimum atomic E-state index is -0.320. The Morgan fingerprint density at radius 3 is 2.52 bits per heavy atom. The van der Waals surface area contributed by atoms with Gasteiger partial charge in [0.15, 0.2) is 0 Å². The van der Waals surface area contributed by atoms with E-state index >= 15 is 0 Å². The molecule has 1 aromatic carbocycles. The van der Waals surface area contributed by atoms with Crippen molar-refractivity contribution in [1.29, 1.82) is 0 Å². The molecule has 4 heterocycles. The highest BCUT2D eigenvalue weighted by atomic mass is 16.5. The average molecular weight is 390 g/mol. The fraction of sp³-hybridized carbons (Fsp3) is 0.300. The van der Waals surface area contributed by atoms with Crippen molar-refractivity contribution in [3.63, 3.8) is 0 Å². The summed E-state index contributed by atoms with van der Waals surface area (Å²) in [5.41, 5.74) is 0.829. The van der Waals surface area contributed by atoms with Crippen molar-refractivity contribution in [1.82, 2.24) is 25.0 Å². The van der Waals surface area contributed by atoms with E-state index in [0.29, 0.717) is 37.2 Å². The molecule has 146 valence electrons. The second kappa shape index (κ2) is 7.08. The van der Waals surface area contributed by atoms with E-state index in [1.807, 2.05) is 30.3 Å². The Morgan fingerprint density at radius 1 is 1.00 bits per heavy atom. The number of carbonyl (C=O) groups excluding carboxylic acids is 2. The topological polar surface area (TPSA) is 105 Å². The van der Waals surface area contributed by atoms with Gasteiger partial charge in [0, 0.05) is 44.1 Å². The number of hydrogen-bond acceptors (Lipinski definition) is 7. The van der Waals surface area contributed by atoms with Crippen LogP contribution in [-0.2, 0) is 9.59 Å². The van der Waals surface area contributed by atoms with Crippen molar-refractivity contribution in [2.75, 3.05) is 24.5 Å². The summed E-state index contributed by atoms with van der Waals surface area (Å²) >= 11 is 0. The summed E-state index contributed by atoms with van der Waals surface area (Å²) in [4.78, 5) is 41.2. The third-order valence-corrected chi connectivity index (χ3v) is 5.29. The van der Waals surface area contributed by atoms with Gasteiger partial charge in [-0.05, 0) is 18.2 Å². The predicted octanol–water partition coefficient (Wildman–Crippen LogP) is 1.51. The van der Waals surface area contributed by atoms with E-state index in [-0.39, 0.29) is 30.1 Å². The van der Waals surface area contributed by atoms with Crippen LogP contribution in [-0.4, -0.2) is 56.5 Å². The van der Waals surface area contributed by atoms with Gasteiger partial charge in [0.1, 0.15) is 0 Å². The minimum Gasteiger partial charge on any atom is -0.341 e. The number of likely N-dealkylation sites (tertiary alicyclic amines) is 1. The summed E-state index contributed by atoms with van der Waals surface area (Å²) in [5.74, 6) is 0.872. The minimum absolute atomic E-state index is 0.000775. The van der Waals surface area contributed by atoms with Crippen molar-refractivity contribution < 1.29 is 14.1 Å². The van der Waals surface area contributed by atoms with E-state index in [4.69, 9.17) is 4.52 Å². The van der Waals surface area contributed by atoms with Gasteiger partial charge >= 0.3 is 0 Å². The Hall–Kier alpha value is -3.62. The zero-order valence-electron chi connectivity index (χ0n) is 15.5. The summed E-state index contributed by atoms with van der Waals surface area (Å²) < 4.78 is 5.33. The van der Waals surface area contributed by atoms with Crippen molar-refractivity contribution >= 4 is 17.5 Å². The molecule has 29 heavy (non-hydrogen) atoms. The number of para-hydroxylation sites is 1. The summed E-state index contributed by atoms with van der Waals surface area (Å²) in [6.45, 7) is 1.43. The number of nitrogens with zero attached hydrogens (tertiary/aromatic N) is 6. The van der Waals surface area contributed by atoms with Gasteiger partial charge in [-0.25, -0.2) is 9.97 Å². The Bertz CT molecular complexity index is 1030. The Kier molecular flexibility index (Phi) is 4.27. The van der Waals surface area contributed by atoms with Crippen molar-refractivity contribution in [2.45, 2.75) is 12.3 Å². The second-order valence-corrected chi connectivity index (χ2v) is 7.21. The van der Waals surface area contributed by atoms with Crippen LogP contribution in [0.5, 0.6) is 0 Å². The molecule has 2 saturated heterocycles. The smallest absolute Gasteiger partial charge is 0.240 e. The fourth-order valence-electron chi connectivity index (χ4n) is 3.71. The van der Waals surface area contributed by atoms with Crippen LogP contribution in [0.3, 0.4) is 0 Å². The quantitative estimate of drug-likeness (QED) is 0.665. The number of amides is 2. The maximum atomic E-state index is 12.8. The number of rotatable bonds is 4. The van der Waals surface area contributed by atoms with Crippen LogP contribution in [0.1, 0.15) is 18.2 Å². The molecular formula is C20H18N6O3. The number of carbonyl (C=O) groups is 2. The first kappa shape index (κ1) is 17.5. The summed E-state index contributed by atoms with van der Waals surface area (Å²) in [6, 6.07) is 11.2. The molecule has 0 N–H and O–H groups in total. The molecule has 3 aromatic rings. The van der Waals surface area contributed by atoms with E-state index in [1.54, 1.807) is 28.3 Å². The van der Waals surface area contributed by atoms with E-state index < -0.39 is 0 Å². The van der Waals surface area contributed by atoms with Gasteiger partial charge in [0.2, 0.25) is 29.4 Å². The number of anilines is 1. The van der Waals surface area contributed by atoms with Crippen LogP contribution in [0.4, 0.5) is 5.69 Å². The molecule has 2 aliphatic heterocycles. The molecule has 5 rings (SSSR count). The third kappa shape index (κ3) is 3.24. The van der Waals surface area contributed by atoms with Crippen LogP contribution in [0.2, 0.25) is 0 Å². The fourth-order valence-corrected chi connectivity index (χ4v) is 3.71. The molecule has 2 fully saturated rings. The highest BCUT2D eigenvalue weighted by Gasteiger charge is 2.42. The van der Waals surface area contributed by atoms with E-state index in [0.717, 1.165) is 5.69 Å². The highest BCUT2D eigenvalue weighted by Crippen LogP contribution is 2.31. The van der Waals surface area contributed by atoms with Crippen molar-refractivity contribution in [3.05, 3.63) is 54.7 Å². The monoisotopic (exact) mass is 390 g/mol. The number of hydrogen-bond donors (Lipinski definition) is 0. The van der Waals surface area contributed by atoms with Gasteiger partial charge in [-0.3, -0.25) is 9.59 Å². The highest BCUT2D eigenvalue weighted by molar-refractivity contribution is 6.00. The lowest BCUT2D eigenvalue weighted by Gasteiger charge is -2.38. The summed E-state index contributed by atoms with van der Waals surface area (Å²) in [7, 11) is 0. The van der Waals surface area contributed by atoms with Crippen LogP contribution >= 0.6 is 0 Å². The van der Waals surface area contributed by atoms with Gasteiger partial charge in [0.05, 0.1) is 11.8 Å². The van der Waals surface area contributed by atoms with Crippen LogP contribution in [0.15, 0.2) is 53.3 Å². The SMILES string of the molecule is O=C(C1CC(=O)N(c2ccccc2)C1)N1CC(c2nc(-c3ncccn3)no2)C1. The van der Waals surface area contributed by atoms with E-state index in [9.17, 15) is 9.59 Å². The first-order chi connectivity index (χ1) is 14.2. The predicted molar refractivity (Wildman–Crippen MR) is 102 cm³/mol. The van der Waals surface area contributed by atoms with Crippen molar-refractivity contribution in [2.24, 2.45) is 5.92 Å². The zero-order valence-corrected chi connectivity index (χ0v) is 15.5. The number of benzene rings is 1. The summed E-state index contributed by atoms with van der Waals surface area (Å²) in [5, 5.41) is 3.92. The molecule has 2 aromatic heterocycles. The lowest BCUT2D eigenvalue weighted by molar-refractivity contribution is -0.140. The van der Waals surface area contributed by atoms with Crippen LogP contribution < -0.4 is 4.90 Å². The maximum Gasteiger partial charge on any atom is 0.240 e. The second-order valence-electron chi connectivity index (χ2n) is 7.21. The first-order valence-electron chi connectivity index (χ1n) is 9.44. The Morgan fingerprint density at radius 2 is 1.76 bits per heavy atom. The molecule has 1 atom stereocenters. The molecule has 9 heteroatoms. The average Bonchev–Trinajstić information content (AvgIpc) is 3.35. The molecule has 0 aliphatic carbocycles. The normalized spacial score (nSPS) is 19.4. The lowest BCUT2D eigenvalue weighted by atomic mass is 9.96. The summed E-state index contributed by atoms with van der Waals surface area (Å²) in [6.07, 6.45) is 3.47. The molecule has 0 bridgehead atoms. The Balaban J connectivity index is 1.20. The maximum absolute atomic E-state index is 12.8. The first-order valence-corrected chi connectivity index (χ1v) is 9.44. The van der Waals surface area contributed by atoms with Crippen LogP contribution in [0, 0.1) is 5.92 Å². The zero-order chi connectivity index (χ0) is 19.8. The molecule has 2 aliphatic rings. The molecule has 9 nitrogen and oxygen atoms in total. The van der Waals surface area contributed by atoms with Crippen molar-refractivity contribution in [3.8, 4) is 11.6 Å². The molecule has 0 spiro atoms. The van der Waals surface area contributed by atoms with Gasteiger partial charge in [-0.2, -0.15) is 4.98 Å². The third-order valence-electron chi connectivity index (χ3n) is 5.29. The lowest BCUT2D eigenvalue weighted by Crippen LogP contribution is -2.51. The molecular weight excluding hydrogens is 372 g/mol. The molecule has 1 unspecified atom stereocenters. The Labute approximate surface area is 166 Å².